The van der Waals surface area contributed by atoms with E-state index >= 15 is 0 Å². The summed E-state index contributed by atoms with van der Waals surface area (Å²) in [5, 5.41) is 3.25. The summed E-state index contributed by atoms with van der Waals surface area (Å²) in [5.74, 6) is 0.697. The summed E-state index contributed by atoms with van der Waals surface area (Å²) in [4.78, 5) is 30.0. The minimum atomic E-state index is -0.291. The van der Waals surface area contributed by atoms with Crippen LogP contribution in [0, 0.1) is 0 Å². The van der Waals surface area contributed by atoms with E-state index in [4.69, 9.17) is 16.0 Å². The standard InChI is InChI=1S/C21H20ClN3O3/c1-25(14-19(26)24-17-9-5-8-16(22)12-17)21(27)11-10-20-23-13-18(28-20)15-6-3-2-4-7-15/h2-9,12-13H,10-11,14H2,1H3,(H,24,26). The van der Waals surface area contributed by atoms with Crippen molar-refractivity contribution >= 4 is 29.1 Å². The Morgan fingerprint density at radius 2 is 1.93 bits per heavy atom. The van der Waals surface area contributed by atoms with E-state index in [1.165, 1.54) is 4.90 Å². The number of nitrogens with zero attached hydrogens (tertiary/aromatic N) is 2. The number of likely N-dealkylation sites (N-methyl/N-ethyl adjacent to an activating group) is 1. The number of benzene rings is 2. The third-order valence-electron chi connectivity index (χ3n) is 4.08. The molecular formula is C21H20ClN3O3. The smallest absolute Gasteiger partial charge is 0.243 e. The zero-order chi connectivity index (χ0) is 19.9. The number of rotatable bonds is 7. The molecule has 0 atom stereocenters. The van der Waals surface area contributed by atoms with Gasteiger partial charge >= 0.3 is 0 Å². The monoisotopic (exact) mass is 397 g/mol. The number of carbonyl (C=O) groups is 2. The zero-order valence-corrected chi connectivity index (χ0v) is 16.1. The molecule has 7 heteroatoms. The van der Waals surface area contributed by atoms with Crippen molar-refractivity contribution in [3.8, 4) is 11.3 Å². The molecular weight excluding hydrogens is 378 g/mol. The van der Waals surface area contributed by atoms with Gasteiger partial charge < -0.3 is 14.6 Å². The summed E-state index contributed by atoms with van der Waals surface area (Å²) in [7, 11) is 1.59. The van der Waals surface area contributed by atoms with Crippen molar-refractivity contribution in [2.75, 3.05) is 18.9 Å². The lowest BCUT2D eigenvalue weighted by Gasteiger charge is -2.16. The van der Waals surface area contributed by atoms with Gasteiger partial charge in [-0.25, -0.2) is 4.98 Å². The Morgan fingerprint density at radius 3 is 2.68 bits per heavy atom. The summed E-state index contributed by atoms with van der Waals surface area (Å²) in [6.45, 7) is -0.0494. The van der Waals surface area contributed by atoms with Crippen LogP contribution in [0.15, 0.2) is 65.2 Å². The van der Waals surface area contributed by atoms with Crippen molar-refractivity contribution in [2.45, 2.75) is 12.8 Å². The van der Waals surface area contributed by atoms with Gasteiger partial charge in [-0.05, 0) is 18.2 Å². The molecule has 0 spiro atoms. The summed E-state index contributed by atoms with van der Waals surface area (Å²) >= 11 is 5.89. The lowest BCUT2D eigenvalue weighted by atomic mass is 10.2. The highest BCUT2D eigenvalue weighted by atomic mass is 35.5. The largest absolute Gasteiger partial charge is 0.441 e. The lowest BCUT2D eigenvalue weighted by molar-refractivity contribution is -0.133. The molecule has 1 heterocycles. The van der Waals surface area contributed by atoms with Crippen LogP contribution in [0.25, 0.3) is 11.3 Å². The quantitative estimate of drug-likeness (QED) is 0.653. The molecule has 0 aliphatic heterocycles. The van der Waals surface area contributed by atoms with E-state index in [0.29, 0.717) is 28.8 Å². The molecule has 6 nitrogen and oxygen atoms in total. The SMILES string of the molecule is CN(CC(=O)Nc1cccc(Cl)c1)C(=O)CCc1ncc(-c2ccccc2)o1. The number of amides is 2. The maximum absolute atomic E-state index is 12.3. The lowest BCUT2D eigenvalue weighted by Crippen LogP contribution is -2.35. The Morgan fingerprint density at radius 1 is 1.14 bits per heavy atom. The molecule has 0 radical (unpaired) electrons. The molecule has 0 aliphatic carbocycles. The average molecular weight is 398 g/mol. The van der Waals surface area contributed by atoms with Gasteiger partial charge in [0.05, 0.1) is 12.7 Å². The second kappa shape index (κ2) is 9.19. The third-order valence-corrected chi connectivity index (χ3v) is 4.31. The van der Waals surface area contributed by atoms with E-state index in [1.807, 2.05) is 30.3 Å². The number of hydrogen-bond donors (Lipinski definition) is 1. The topological polar surface area (TPSA) is 75.4 Å². The van der Waals surface area contributed by atoms with Crippen LogP contribution in [0.3, 0.4) is 0 Å². The molecule has 0 saturated carbocycles. The first-order valence-corrected chi connectivity index (χ1v) is 9.18. The van der Waals surface area contributed by atoms with E-state index in [-0.39, 0.29) is 24.8 Å². The van der Waals surface area contributed by atoms with E-state index in [2.05, 4.69) is 10.3 Å². The second-order valence-corrected chi connectivity index (χ2v) is 6.73. The number of hydrogen-bond acceptors (Lipinski definition) is 4. The highest BCUT2D eigenvalue weighted by molar-refractivity contribution is 6.30. The van der Waals surface area contributed by atoms with Gasteiger partial charge in [0.2, 0.25) is 11.8 Å². The molecule has 28 heavy (non-hydrogen) atoms. The number of nitrogens with one attached hydrogen (secondary N) is 1. The Kier molecular flexibility index (Phi) is 6.45. The molecule has 2 amide bonds. The van der Waals surface area contributed by atoms with Crippen molar-refractivity contribution in [1.82, 2.24) is 9.88 Å². The van der Waals surface area contributed by atoms with Crippen molar-refractivity contribution in [1.29, 1.82) is 0 Å². The minimum Gasteiger partial charge on any atom is -0.441 e. The van der Waals surface area contributed by atoms with Crippen LogP contribution in [0.4, 0.5) is 5.69 Å². The van der Waals surface area contributed by atoms with Gasteiger partial charge in [-0.2, -0.15) is 0 Å². The molecule has 0 bridgehead atoms. The highest BCUT2D eigenvalue weighted by Crippen LogP contribution is 2.20. The van der Waals surface area contributed by atoms with Crippen LogP contribution in [0.2, 0.25) is 5.02 Å². The summed E-state index contributed by atoms with van der Waals surface area (Å²) in [6, 6.07) is 16.5. The predicted octanol–water partition coefficient (Wildman–Crippen LogP) is 4.02. The Bertz CT molecular complexity index is 956. The first kappa shape index (κ1) is 19.6. The maximum atomic E-state index is 12.3. The minimum absolute atomic E-state index is 0.0494. The Balaban J connectivity index is 1.48. The van der Waals surface area contributed by atoms with E-state index in [9.17, 15) is 9.59 Å². The Hall–Kier alpha value is -3.12. The number of carbonyl (C=O) groups excluding carboxylic acids is 2. The van der Waals surface area contributed by atoms with Gasteiger partial charge in [-0.1, -0.05) is 48.0 Å². The van der Waals surface area contributed by atoms with Crippen LogP contribution in [0.5, 0.6) is 0 Å². The van der Waals surface area contributed by atoms with Crippen molar-refractivity contribution in [3.63, 3.8) is 0 Å². The van der Waals surface area contributed by atoms with Gasteiger partial charge in [0, 0.05) is 36.2 Å². The van der Waals surface area contributed by atoms with Crippen molar-refractivity contribution in [3.05, 3.63) is 71.7 Å². The normalized spacial score (nSPS) is 10.5. The van der Waals surface area contributed by atoms with Crippen LogP contribution in [-0.4, -0.2) is 35.3 Å². The van der Waals surface area contributed by atoms with Gasteiger partial charge in [0.25, 0.3) is 0 Å². The summed E-state index contributed by atoms with van der Waals surface area (Å²) in [6.07, 6.45) is 2.22. The molecule has 1 N–H and O–H groups in total. The van der Waals surface area contributed by atoms with Crippen LogP contribution < -0.4 is 5.32 Å². The maximum Gasteiger partial charge on any atom is 0.243 e. The van der Waals surface area contributed by atoms with Crippen molar-refractivity contribution in [2.24, 2.45) is 0 Å². The number of anilines is 1. The van der Waals surface area contributed by atoms with Gasteiger partial charge in [-0.15, -0.1) is 0 Å². The summed E-state index contributed by atoms with van der Waals surface area (Å²) < 4.78 is 5.70. The van der Waals surface area contributed by atoms with Crippen LogP contribution in [-0.2, 0) is 16.0 Å². The Labute approximate surface area is 168 Å². The van der Waals surface area contributed by atoms with Crippen LogP contribution >= 0.6 is 11.6 Å². The molecule has 1 aromatic heterocycles. The molecule has 2 aromatic carbocycles. The van der Waals surface area contributed by atoms with Crippen LogP contribution in [0.1, 0.15) is 12.3 Å². The number of halogens is 1. The predicted molar refractivity (Wildman–Crippen MR) is 108 cm³/mol. The molecule has 0 saturated heterocycles. The molecule has 3 aromatic rings. The fourth-order valence-electron chi connectivity index (χ4n) is 2.64. The second-order valence-electron chi connectivity index (χ2n) is 6.29. The fraction of sp³-hybridized carbons (Fsp3) is 0.190. The molecule has 0 aliphatic rings. The highest BCUT2D eigenvalue weighted by Gasteiger charge is 2.15. The van der Waals surface area contributed by atoms with Crippen molar-refractivity contribution < 1.29 is 14.0 Å². The fourth-order valence-corrected chi connectivity index (χ4v) is 2.83. The first-order valence-electron chi connectivity index (χ1n) is 8.81. The van der Waals surface area contributed by atoms with E-state index in [1.54, 1.807) is 37.5 Å². The van der Waals surface area contributed by atoms with E-state index in [0.717, 1.165) is 5.56 Å². The number of aromatic nitrogens is 1. The average Bonchev–Trinajstić information content (AvgIpc) is 3.15. The molecule has 0 fully saturated rings. The van der Waals surface area contributed by atoms with Gasteiger partial charge in [0.1, 0.15) is 0 Å². The molecule has 3 rings (SSSR count). The molecule has 0 unspecified atom stereocenters. The van der Waals surface area contributed by atoms with Gasteiger partial charge in [0.15, 0.2) is 11.7 Å². The van der Waals surface area contributed by atoms with E-state index < -0.39 is 0 Å². The zero-order valence-electron chi connectivity index (χ0n) is 15.4. The number of oxazole rings is 1. The third kappa shape index (κ3) is 5.44. The summed E-state index contributed by atoms with van der Waals surface area (Å²) in [5.41, 5.74) is 1.52. The number of aryl methyl sites for hydroxylation is 1. The molecule has 144 valence electrons. The first-order chi connectivity index (χ1) is 13.5. The van der Waals surface area contributed by atoms with Gasteiger partial charge in [-0.3, -0.25) is 9.59 Å².